The molecule has 18 heavy (non-hydrogen) atoms. The Morgan fingerprint density at radius 2 is 2.28 bits per heavy atom. The molecule has 0 saturated carbocycles. The van der Waals surface area contributed by atoms with Gasteiger partial charge < -0.3 is 10.3 Å². The van der Waals surface area contributed by atoms with Gasteiger partial charge in [-0.3, -0.25) is 0 Å². The maximum Gasteiger partial charge on any atom is 0.108 e. The summed E-state index contributed by atoms with van der Waals surface area (Å²) >= 11 is 5.95. The van der Waals surface area contributed by atoms with Gasteiger partial charge in [0.25, 0.3) is 0 Å². The van der Waals surface area contributed by atoms with Gasteiger partial charge in [0.15, 0.2) is 0 Å². The highest BCUT2D eigenvalue weighted by atomic mass is 35.5. The molecule has 0 fully saturated rings. The number of aryl methyl sites for hydroxylation is 2. The molecule has 1 aromatic heterocycles. The summed E-state index contributed by atoms with van der Waals surface area (Å²) < 4.78 is 2.03. The molecule has 0 saturated heterocycles. The van der Waals surface area contributed by atoms with Gasteiger partial charge in [-0.2, -0.15) is 0 Å². The van der Waals surface area contributed by atoms with Crippen LogP contribution in [0.15, 0.2) is 36.7 Å². The number of hydrogen-bond donors (Lipinski definition) is 1. The smallest absolute Gasteiger partial charge is 0.108 e. The van der Waals surface area contributed by atoms with Crippen molar-refractivity contribution in [3.8, 4) is 0 Å². The van der Waals surface area contributed by atoms with Crippen molar-refractivity contribution in [2.24, 2.45) is 12.8 Å². The van der Waals surface area contributed by atoms with E-state index < -0.39 is 0 Å². The predicted octanol–water partition coefficient (Wildman–Crippen LogP) is 2.58. The number of hydrogen-bond acceptors (Lipinski definition) is 2. The van der Waals surface area contributed by atoms with Crippen LogP contribution in [0.4, 0.5) is 0 Å². The Kier molecular flexibility index (Phi) is 4.39. The SMILES string of the molecule is Cn1ccnc1CCC(N)Cc1cccc(Cl)c1. The Hall–Kier alpha value is -1.32. The summed E-state index contributed by atoms with van der Waals surface area (Å²) in [6, 6.07) is 8.02. The van der Waals surface area contributed by atoms with Gasteiger partial charge >= 0.3 is 0 Å². The van der Waals surface area contributed by atoms with Crippen molar-refractivity contribution in [3.63, 3.8) is 0 Å². The lowest BCUT2D eigenvalue weighted by Gasteiger charge is -2.11. The minimum atomic E-state index is 0.139. The van der Waals surface area contributed by atoms with E-state index in [1.54, 1.807) is 0 Å². The van der Waals surface area contributed by atoms with Crippen molar-refractivity contribution in [1.82, 2.24) is 9.55 Å². The first-order valence-electron chi connectivity index (χ1n) is 6.11. The molecule has 3 nitrogen and oxygen atoms in total. The number of imidazole rings is 1. The molecule has 0 amide bonds. The molecule has 1 atom stereocenters. The second kappa shape index (κ2) is 6.03. The number of benzene rings is 1. The zero-order chi connectivity index (χ0) is 13.0. The van der Waals surface area contributed by atoms with Crippen molar-refractivity contribution in [1.29, 1.82) is 0 Å². The Morgan fingerprint density at radius 1 is 1.44 bits per heavy atom. The summed E-state index contributed by atoms with van der Waals surface area (Å²) in [4.78, 5) is 4.30. The average Bonchev–Trinajstić information content (AvgIpc) is 2.72. The highest BCUT2D eigenvalue weighted by Gasteiger charge is 2.07. The Balaban J connectivity index is 1.86. The highest BCUT2D eigenvalue weighted by molar-refractivity contribution is 6.30. The molecular formula is C14H18ClN3. The molecule has 4 heteroatoms. The molecule has 0 spiro atoms. The first-order valence-corrected chi connectivity index (χ1v) is 6.49. The predicted molar refractivity (Wildman–Crippen MR) is 74.7 cm³/mol. The molecule has 0 radical (unpaired) electrons. The first-order chi connectivity index (χ1) is 8.65. The molecule has 0 aliphatic heterocycles. The van der Waals surface area contributed by atoms with Crippen LogP contribution in [-0.2, 0) is 19.9 Å². The standard InChI is InChI=1S/C14H18ClN3/c1-18-8-7-17-14(18)6-5-13(16)10-11-3-2-4-12(15)9-11/h2-4,7-9,13H,5-6,10,16H2,1H3. The summed E-state index contributed by atoms with van der Waals surface area (Å²) in [6.07, 6.45) is 6.46. The number of nitrogens with two attached hydrogens (primary N) is 1. The van der Waals surface area contributed by atoms with Crippen LogP contribution in [0.3, 0.4) is 0 Å². The normalized spacial score (nSPS) is 12.6. The van der Waals surface area contributed by atoms with E-state index >= 15 is 0 Å². The van der Waals surface area contributed by atoms with Crippen LogP contribution in [0.1, 0.15) is 17.8 Å². The van der Waals surface area contributed by atoms with Gasteiger partial charge in [0.05, 0.1) is 0 Å². The summed E-state index contributed by atoms with van der Waals surface area (Å²) in [6.45, 7) is 0. The fourth-order valence-electron chi connectivity index (χ4n) is 2.02. The van der Waals surface area contributed by atoms with E-state index in [-0.39, 0.29) is 6.04 Å². The minimum Gasteiger partial charge on any atom is -0.338 e. The van der Waals surface area contributed by atoms with E-state index in [2.05, 4.69) is 11.1 Å². The van der Waals surface area contributed by atoms with Crippen molar-refractivity contribution >= 4 is 11.6 Å². The van der Waals surface area contributed by atoms with Crippen LogP contribution >= 0.6 is 11.6 Å². The first kappa shape index (κ1) is 13.1. The molecule has 2 aromatic rings. The number of nitrogens with zero attached hydrogens (tertiary/aromatic N) is 2. The van der Waals surface area contributed by atoms with Crippen LogP contribution in [-0.4, -0.2) is 15.6 Å². The molecule has 0 aliphatic rings. The lowest BCUT2D eigenvalue weighted by Crippen LogP contribution is -2.24. The molecule has 1 aromatic carbocycles. The molecule has 0 bridgehead atoms. The maximum atomic E-state index is 6.14. The second-order valence-corrected chi connectivity index (χ2v) is 5.02. The van der Waals surface area contributed by atoms with E-state index in [0.717, 1.165) is 30.1 Å². The van der Waals surface area contributed by atoms with Crippen LogP contribution < -0.4 is 5.73 Å². The van der Waals surface area contributed by atoms with E-state index in [1.165, 1.54) is 5.56 Å². The molecule has 0 aliphatic carbocycles. The van der Waals surface area contributed by atoms with Gasteiger partial charge in [0, 0.05) is 36.9 Å². The monoisotopic (exact) mass is 263 g/mol. The Morgan fingerprint density at radius 3 is 2.94 bits per heavy atom. The van der Waals surface area contributed by atoms with Crippen LogP contribution in [0.5, 0.6) is 0 Å². The van der Waals surface area contributed by atoms with Crippen molar-refractivity contribution in [3.05, 3.63) is 53.1 Å². The second-order valence-electron chi connectivity index (χ2n) is 4.59. The number of halogens is 1. The van der Waals surface area contributed by atoms with Gasteiger partial charge in [-0.15, -0.1) is 0 Å². The summed E-state index contributed by atoms with van der Waals surface area (Å²) in [5.41, 5.74) is 7.33. The summed E-state index contributed by atoms with van der Waals surface area (Å²) in [5.74, 6) is 1.08. The van der Waals surface area contributed by atoms with Gasteiger partial charge in [-0.25, -0.2) is 4.98 Å². The van der Waals surface area contributed by atoms with E-state index in [0.29, 0.717) is 0 Å². The molecule has 1 unspecified atom stereocenters. The third-order valence-electron chi connectivity index (χ3n) is 3.05. The number of aromatic nitrogens is 2. The van der Waals surface area contributed by atoms with Gasteiger partial charge in [-0.05, 0) is 30.5 Å². The quantitative estimate of drug-likeness (QED) is 0.901. The third-order valence-corrected chi connectivity index (χ3v) is 3.28. The molecule has 1 heterocycles. The maximum absolute atomic E-state index is 6.14. The lowest BCUT2D eigenvalue weighted by atomic mass is 10.0. The fraction of sp³-hybridized carbons (Fsp3) is 0.357. The van der Waals surface area contributed by atoms with Crippen LogP contribution in [0.2, 0.25) is 5.02 Å². The largest absolute Gasteiger partial charge is 0.338 e. The molecule has 96 valence electrons. The lowest BCUT2D eigenvalue weighted by molar-refractivity contribution is 0.589. The average molecular weight is 264 g/mol. The number of rotatable bonds is 5. The zero-order valence-corrected chi connectivity index (χ0v) is 11.3. The van der Waals surface area contributed by atoms with E-state index in [1.807, 2.05) is 42.2 Å². The molecule has 2 rings (SSSR count). The highest BCUT2D eigenvalue weighted by Crippen LogP contribution is 2.13. The fourth-order valence-corrected chi connectivity index (χ4v) is 2.23. The Labute approximate surface area is 113 Å². The van der Waals surface area contributed by atoms with Crippen LogP contribution in [0, 0.1) is 0 Å². The van der Waals surface area contributed by atoms with Gasteiger partial charge in [0.2, 0.25) is 0 Å². The zero-order valence-electron chi connectivity index (χ0n) is 10.5. The topological polar surface area (TPSA) is 43.8 Å². The van der Waals surface area contributed by atoms with Crippen molar-refractivity contribution in [2.45, 2.75) is 25.3 Å². The van der Waals surface area contributed by atoms with E-state index in [4.69, 9.17) is 17.3 Å². The Bertz CT molecular complexity index is 507. The van der Waals surface area contributed by atoms with Crippen LogP contribution in [0.25, 0.3) is 0 Å². The van der Waals surface area contributed by atoms with Gasteiger partial charge in [0.1, 0.15) is 5.82 Å². The summed E-state index contributed by atoms with van der Waals surface area (Å²) in [7, 11) is 2.00. The molecular weight excluding hydrogens is 246 g/mol. The minimum absolute atomic E-state index is 0.139. The van der Waals surface area contributed by atoms with E-state index in [9.17, 15) is 0 Å². The van der Waals surface area contributed by atoms with Crippen molar-refractivity contribution in [2.75, 3.05) is 0 Å². The third kappa shape index (κ3) is 3.59. The van der Waals surface area contributed by atoms with Crippen molar-refractivity contribution < 1.29 is 0 Å². The summed E-state index contributed by atoms with van der Waals surface area (Å²) in [5, 5.41) is 0.767. The molecule has 2 N–H and O–H groups in total. The van der Waals surface area contributed by atoms with Gasteiger partial charge in [-0.1, -0.05) is 23.7 Å².